The van der Waals surface area contributed by atoms with E-state index in [1.54, 1.807) is 0 Å². The Kier molecular flexibility index (Phi) is 5.41. The lowest BCUT2D eigenvalue weighted by atomic mass is 9.91. The highest BCUT2D eigenvalue weighted by molar-refractivity contribution is 6.30. The fraction of sp³-hybridized carbons (Fsp3) is 0.588. The maximum atomic E-state index is 12.6. The number of anilines is 1. The summed E-state index contributed by atoms with van der Waals surface area (Å²) in [7, 11) is 0. The van der Waals surface area contributed by atoms with Crippen molar-refractivity contribution in [2.45, 2.75) is 18.9 Å². The predicted octanol–water partition coefficient (Wildman–Crippen LogP) is 1.74. The fourth-order valence-corrected chi connectivity index (χ4v) is 3.45. The monoisotopic (exact) mass is 337 g/mol. The van der Waals surface area contributed by atoms with E-state index in [1.165, 1.54) is 0 Å². The molecular weight excluding hydrogens is 314 g/mol. The van der Waals surface area contributed by atoms with Gasteiger partial charge in [0.2, 0.25) is 5.91 Å². The average molecular weight is 338 g/mol. The van der Waals surface area contributed by atoms with E-state index < -0.39 is 0 Å². The summed E-state index contributed by atoms with van der Waals surface area (Å²) >= 11 is 5.93. The molecule has 1 aromatic carbocycles. The van der Waals surface area contributed by atoms with Crippen molar-refractivity contribution in [1.82, 2.24) is 4.90 Å². The van der Waals surface area contributed by atoms with Gasteiger partial charge < -0.3 is 20.3 Å². The number of piperazine rings is 1. The van der Waals surface area contributed by atoms with Crippen LogP contribution in [0.15, 0.2) is 24.3 Å². The Labute approximate surface area is 142 Å². The van der Waals surface area contributed by atoms with Gasteiger partial charge in [0.1, 0.15) is 0 Å². The van der Waals surface area contributed by atoms with Crippen LogP contribution in [0.1, 0.15) is 12.8 Å². The van der Waals surface area contributed by atoms with Crippen LogP contribution in [0.2, 0.25) is 5.02 Å². The lowest BCUT2D eigenvalue weighted by Gasteiger charge is -2.38. The lowest BCUT2D eigenvalue weighted by Crippen LogP contribution is -2.55. The maximum Gasteiger partial charge on any atom is 0.239 e. The normalized spacial score (nSPS) is 21.3. The molecule has 0 bridgehead atoms. The molecule has 6 heteroatoms. The molecule has 0 aliphatic carbocycles. The quantitative estimate of drug-likeness (QED) is 0.912. The van der Waals surface area contributed by atoms with Crippen molar-refractivity contribution in [1.29, 1.82) is 0 Å². The minimum Gasteiger partial charge on any atom is -0.381 e. The molecule has 2 heterocycles. The van der Waals surface area contributed by atoms with Gasteiger partial charge in [-0.1, -0.05) is 11.6 Å². The fourth-order valence-electron chi connectivity index (χ4n) is 3.32. The molecule has 0 saturated carbocycles. The van der Waals surface area contributed by atoms with Gasteiger partial charge in [0.05, 0.1) is 6.04 Å². The van der Waals surface area contributed by atoms with Gasteiger partial charge in [0.25, 0.3) is 0 Å². The number of carbonyl (C=O) groups is 1. The SMILES string of the molecule is NC(C(=O)N1CCN(c2ccc(Cl)cc2)CC1)C1CCOCC1. The molecule has 1 unspecified atom stereocenters. The van der Waals surface area contributed by atoms with Crippen LogP contribution in [-0.4, -0.2) is 56.2 Å². The smallest absolute Gasteiger partial charge is 0.239 e. The number of hydrogen-bond donors (Lipinski definition) is 1. The molecule has 2 fully saturated rings. The number of rotatable bonds is 3. The Morgan fingerprint density at radius 1 is 1.13 bits per heavy atom. The molecular formula is C17H24ClN3O2. The van der Waals surface area contributed by atoms with E-state index in [2.05, 4.69) is 4.90 Å². The van der Waals surface area contributed by atoms with Crippen LogP contribution in [0.5, 0.6) is 0 Å². The number of nitrogens with two attached hydrogens (primary N) is 1. The van der Waals surface area contributed by atoms with Crippen LogP contribution in [0.4, 0.5) is 5.69 Å². The van der Waals surface area contributed by atoms with Crippen LogP contribution < -0.4 is 10.6 Å². The van der Waals surface area contributed by atoms with Crippen LogP contribution in [0, 0.1) is 5.92 Å². The molecule has 2 N–H and O–H groups in total. The summed E-state index contributed by atoms with van der Waals surface area (Å²) < 4.78 is 5.35. The van der Waals surface area contributed by atoms with Gasteiger partial charge >= 0.3 is 0 Å². The molecule has 0 spiro atoms. The van der Waals surface area contributed by atoms with Gasteiger partial charge in [-0.05, 0) is 43.0 Å². The topological polar surface area (TPSA) is 58.8 Å². The third kappa shape index (κ3) is 3.97. The maximum absolute atomic E-state index is 12.6. The summed E-state index contributed by atoms with van der Waals surface area (Å²) in [5, 5.41) is 0.741. The molecule has 5 nitrogen and oxygen atoms in total. The van der Waals surface area contributed by atoms with Crippen molar-refractivity contribution in [3.05, 3.63) is 29.3 Å². The Hall–Kier alpha value is -1.30. The molecule has 1 atom stereocenters. The lowest BCUT2D eigenvalue weighted by molar-refractivity contribution is -0.135. The number of amides is 1. The molecule has 2 aliphatic heterocycles. The zero-order valence-electron chi connectivity index (χ0n) is 13.3. The van der Waals surface area contributed by atoms with Crippen LogP contribution in [-0.2, 0) is 9.53 Å². The summed E-state index contributed by atoms with van der Waals surface area (Å²) in [5.41, 5.74) is 7.36. The summed E-state index contributed by atoms with van der Waals surface area (Å²) in [6.45, 7) is 4.53. The first kappa shape index (κ1) is 16.6. The van der Waals surface area contributed by atoms with E-state index in [0.717, 1.165) is 62.9 Å². The molecule has 2 aliphatic rings. The molecule has 23 heavy (non-hydrogen) atoms. The molecule has 0 aromatic heterocycles. The second-order valence-electron chi connectivity index (χ2n) is 6.26. The first-order valence-electron chi connectivity index (χ1n) is 8.28. The minimum absolute atomic E-state index is 0.0904. The number of ether oxygens (including phenoxy) is 1. The first-order chi connectivity index (χ1) is 11.1. The number of hydrogen-bond acceptors (Lipinski definition) is 4. The van der Waals surface area contributed by atoms with Crippen molar-refractivity contribution >= 4 is 23.2 Å². The number of carbonyl (C=O) groups excluding carboxylic acids is 1. The van der Waals surface area contributed by atoms with E-state index in [1.807, 2.05) is 29.2 Å². The van der Waals surface area contributed by atoms with Crippen molar-refractivity contribution in [3.63, 3.8) is 0 Å². The molecule has 1 amide bonds. The Bertz CT molecular complexity index is 523. The average Bonchev–Trinajstić information content (AvgIpc) is 2.62. The second-order valence-corrected chi connectivity index (χ2v) is 6.70. The summed E-state index contributed by atoms with van der Waals surface area (Å²) in [6.07, 6.45) is 1.77. The largest absolute Gasteiger partial charge is 0.381 e. The highest BCUT2D eigenvalue weighted by Crippen LogP contribution is 2.22. The van der Waals surface area contributed by atoms with Crippen LogP contribution >= 0.6 is 11.6 Å². The second kappa shape index (κ2) is 7.51. The van der Waals surface area contributed by atoms with Gasteiger partial charge in [0.15, 0.2) is 0 Å². The number of halogens is 1. The number of nitrogens with zero attached hydrogens (tertiary/aromatic N) is 2. The van der Waals surface area contributed by atoms with Crippen molar-refractivity contribution < 1.29 is 9.53 Å². The van der Waals surface area contributed by atoms with Gasteiger partial charge in [-0.3, -0.25) is 4.79 Å². The minimum atomic E-state index is -0.388. The third-order valence-corrected chi connectivity index (χ3v) is 5.09. The van der Waals surface area contributed by atoms with Crippen LogP contribution in [0.3, 0.4) is 0 Å². The van der Waals surface area contributed by atoms with Crippen LogP contribution in [0.25, 0.3) is 0 Å². The van der Waals surface area contributed by atoms with Gasteiger partial charge in [-0.2, -0.15) is 0 Å². The zero-order chi connectivity index (χ0) is 16.2. The summed E-state index contributed by atoms with van der Waals surface area (Å²) in [6, 6.07) is 7.45. The van der Waals surface area contributed by atoms with Crippen molar-refractivity contribution in [2.75, 3.05) is 44.3 Å². The van der Waals surface area contributed by atoms with Crippen molar-refractivity contribution in [2.24, 2.45) is 11.7 Å². The molecule has 1 aromatic rings. The highest BCUT2D eigenvalue weighted by Gasteiger charge is 2.31. The van der Waals surface area contributed by atoms with E-state index in [-0.39, 0.29) is 17.9 Å². The van der Waals surface area contributed by atoms with E-state index in [0.29, 0.717) is 0 Å². The molecule has 0 radical (unpaired) electrons. The summed E-state index contributed by atoms with van der Waals surface area (Å²) in [4.78, 5) is 16.8. The summed E-state index contributed by atoms with van der Waals surface area (Å²) in [5.74, 6) is 0.346. The number of benzene rings is 1. The first-order valence-corrected chi connectivity index (χ1v) is 8.65. The molecule has 126 valence electrons. The van der Waals surface area contributed by atoms with Gasteiger partial charge in [0, 0.05) is 50.1 Å². The predicted molar refractivity (Wildman–Crippen MR) is 91.8 cm³/mol. The molecule has 2 saturated heterocycles. The van der Waals surface area contributed by atoms with Gasteiger partial charge in [-0.25, -0.2) is 0 Å². The van der Waals surface area contributed by atoms with Crippen molar-refractivity contribution in [3.8, 4) is 0 Å². The highest BCUT2D eigenvalue weighted by atomic mass is 35.5. The van der Waals surface area contributed by atoms with Gasteiger partial charge in [-0.15, -0.1) is 0 Å². The Balaban J connectivity index is 1.53. The third-order valence-electron chi connectivity index (χ3n) is 4.84. The zero-order valence-corrected chi connectivity index (χ0v) is 14.0. The Morgan fingerprint density at radius 3 is 2.35 bits per heavy atom. The van der Waals surface area contributed by atoms with E-state index >= 15 is 0 Å². The Morgan fingerprint density at radius 2 is 1.74 bits per heavy atom. The van der Waals surface area contributed by atoms with E-state index in [4.69, 9.17) is 22.1 Å². The van der Waals surface area contributed by atoms with E-state index in [9.17, 15) is 4.79 Å². The molecule has 3 rings (SSSR count). The standard InChI is InChI=1S/C17H24ClN3O2/c18-14-1-3-15(4-2-14)20-7-9-21(10-8-20)17(22)16(19)13-5-11-23-12-6-13/h1-4,13,16H,5-12,19H2.